The van der Waals surface area contributed by atoms with Crippen LogP contribution in [0.2, 0.25) is 0 Å². The Balaban J connectivity index is 1.30. The third kappa shape index (κ3) is 4.04. The zero-order chi connectivity index (χ0) is 18.9. The number of rotatable bonds is 6. The summed E-state index contributed by atoms with van der Waals surface area (Å²) in [5.41, 5.74) is 2.70. The maximum atomic E-state index is 12.3. The van der Waals surface area contributed by atoms with Crippen molar-refractivity contribution in [2.24, 2.45) is 0 Å². The minimum absolute atomic E-state index is 0.0545. The van der Waals surface area contributed by atoms with Crippen LogP contribution in [0.5, 0.6) is 5.75 Å². The van der Waals surface area contributed by atoms with E-state index < -0.39 is 10.1 Å². The average Bonchev–Trinajstić information content (AvgIpc) is 3.15. The van der Waals surface area contributed by atoms with Crippen molar-refractivity contribution >= 4 is 10.1 Å². The minimum atomic E-state index is -3.74. The molecule has 0 aliphatic heterocycles. The molecule has 140 valence electrons. The third-order valence-electron chi connectivity index (χ3n) is 4.51. The second-order valence-electron chi connectivity index (χ2n) is 6.59. The summed E-state index contributed by atoms with van der Waals surface area (Å²) in [6.07, 6.45) is 3.64. The van der Waals surface area contributed by atoms with Gasteiger partial charge in [-0.1, -0.05) is 17.7 Å². The van der Waals surface area contributed by atoms with Gasteiger partial charge in [0.2, 0.25) is 0 Å². The van der Waals surface area contributed by atoms with E-state index in [1.807, 2.05) is 31.2 Å². The Morgan fingerprint density at radius 3 is 2.33 bits per heavy atom. The molecule has 0 N–H and O–H groups in total. The molecule has 2 aromatic carbocycles. The van der Waals surface area contributed by atoms with Gasteiger partial charge in [0.25, 0.3) is 10.1 Å². The maximum absolute atomic E-state index is 12.3. The number of hydrogen-bond donors (Lipinski definition) is 0. The lowest BCUT2D eigenvalue weighted by molar-refractivity contribution is 0.00833. The van der Waals surface area contributed by atoms with Crippen LogP contribution >= 0.6 is 0 Å². The van der Waals surface area contributed by atoms with Crippen LogP contribution < -0.4 is 4.74 Å². The summed E-state index contributed by atoms with van der Waals surface area (Å²) < 4.78 is 40.7. The molecule has 0 amide bonds. The molecule has 7 heteroatoms. The molecule has 4 rings (SSSR count). The van der Waals surface area contributed by atoms with Crippen molar-refractivity contribution in [3.63, 3.8) is 0 Å². The Kier molecular flexibility index (Phi) is 4.72. The number of nitrogens with zero attached hydrogens (tertiary/aromatic N) is 1. The van der Waals surface area contributed by atoms with Crippen molar-refractivity contribution in [2.75, 3.05) is 0 Å². The van der Waals surface area contributed by atoms with Crippen molar-refractivity contribution in [3.05, 3.63) is 66.8 Å². The topological polar surface area (TPSA) is 78.6 Å². The van der Waals surface area contributed by atoms with Crippen molar-refractivity contribution in [1.82, 2.24) is 4.98 Å². The SMILES string of the molecule is Cc1ccc(S(=O)(=O)OC2CC(Oc3ccc(-c4cocn4)cc3)C2)cc1. The summed E-state index contributed by atoms with van der Waals surface area (Å²) in [6, 6.07) is 14.2. The van der Waals surface area contributed by atoms with Crippen LogP contribution in [-0.4, -0.2) is 25.6 Å². The number of ether oxygens (including phenoxy) is 1. The largest absolute Gasteiger partial charge is 0.490 e. The van der Waals surface area contributed by atoms with E-state index in [-0.39, 0.29) is 17.1 Å². The van der Waals surface area contributed by atoms with E-state index in [9.17, 15) is 8.42 Å². The first-order chi connectivity index (χ1) is 13.0. The smallest absolute Gasteiger partial charge is 0.297 e. The van der Waals surface area contributed by atoms with Gasteiger partial charge in [-0.05, 0) is 43.3 Å². The van der Waals surface area contributed by atoms with Crippen LogP contribution in [0, 0.1) is 6.92 Å². The molecule has 0 atom stereocenters. The van der Waals surface area contributed by atoms with Crippen LogP contribution in [0.15, 0.2) is 70.5 Å². The fraction of sp³-hybridized carbons (Fsp3) is 0.250. The van der Waals surface area contributed by atoms with Crippen molar-refractivity contribution < 1.29 is 21.8 Å². The van der Waals surface area contributed by atoms with E-state index >= 15 is 0 Å². The molecule has 1 aromatic heterocycles. The molecule has 6 nitrogen and oxygen atoms in total. The monoisotopic (exact) mass is 385 g/mol. The Morgan fingerprint density at radius 2 is 1.70 bits per heavy atom. The summed E-state index contributed by atoms with van der Waals surface area (Å²) in [4.78, 5) is 4.28. The van der Waals surface area contributed by atoms with Crippen LogP contribution in [0.25, 0.3) is 11.3 Å². The highest BCUT2D eigenvalue weighted by Crippen LogP contribution is 2.31. The highest BCUT2D eigenvalue weighted by Gasteiger charge is 2.35. The molecule has 3 aromatic rings. The van der Waals surface area contributed by atoms with Crippen molar-refractivity contribution in [1.29, 1.82) is 0 Å². The molecule has 0 bridgehead atoms. The number of hydrogen-bond acceptors (Lipinski definition) is 6. The van der Waals surface area contributed by atoms with Crippen molar-refractivity contribution in [2.45, 2.75) is 36.9 Å². The summed E-state index contributed by atoms with van der Waals surface area (Å²) in [6.45, 7) is 1.91. The lowest BCUT2D eigenvalue weighted by Gasteiger charge is -2.34. The summed E-state index contributed by atoms with van der Waals surface area (Å²) in [5, 5.41) is 0. The summed E-state index contributed by atoms with van der Waals surface area (Å²) in [5.74, 6) is 0.729. The van der Waals surface area contributed by atoms with Gasteiger partial charge in [0.05, 0.1) is 11.0 Å². The average molecular weight is 385 g/mol. The molecule has 1 aliphatic carbocycles. The predicted octanol–water partition coefficient (Wildman–Crippen LogP) is 3.97. The molecule has 1 fully saturated rings. The fourth-order valence-corrected chi connectivity index (χ4v) is 3.98. The maximum Gasteiger partial charge on any atom is 0.297 e. The van der Waals surface area contributed by atoms with Gasteiger partial charge >= 0.3 is 0 Å². The standard InChI is InChI=1S/C20H19NO5S/c1-14-2-8-19(9-3-14)27(22,23)26-18-10-17(11-18)25-16-6-4-15(5-7-16)20-12-24-13-21-20/h2-9,12-13,17-18H,10-11H2,1H3. The fourth-order valence-electron chi connectivity index (χ4n) is 2.88. The molecule has 0 radical (unpaired) electrons. The highest BCUT2D eigenvalue weighted by molar-refractivity contribution is 7.86. The molecule has 1 saturated carbocycles. The lowest BCUT2D eigenvalue weighted by Crippen LogP contribution is -2.40. The van der Waals surface area contributed by atoms with Crippen LogP contribution in [0.3, 0.4) is 0 Å². The number of benzene rings is 2. The number of aromatic nitrogens is 1. The molecule has 1 aliphatic rings. The first kappa shape index (κ1) is 17.8. The molecular weight excluding hydrogens is 366 g/mol. The Hall–Kier alpha value is -2.64. The van der Waals surface area contributed by atoms with Crippen LogP contribution in [0.1, 0.15) is 18.4 Å². The first-order valence-electron chi connectivity index (χ1n) is 8.65. The Morgan fingerprint density at radius 1 is 1.00 bits per heavy atom. The Bertz CT molecular complexity index is 990. The van der Waals surface area contributed by atoms with Gasteiger partial charge in [-0.25, -0.2) is 4.98 Å². The van der Waals surface area contributed by atoms with E-state index in [0.717, 1.165) is 22.6 Å². The van der Waals surface area contributed by atoms with Gasteiger partial charge in [0, 0.05) is 18.4 Å². The molecule has 0 unspecified atom stereocenters. The number of oxazole rings is 1. The van der Waals surface area contributed by atoms with Gasteiger partial charge < -0.3 is 9.15 Å². The minimum Gasteiger partial charge on any atom is -0.490 e. The van der Waals surface area contributed by atoms with Crippen LogP contribution in [0.4, 0.5) is 0 Å². The molecule has 27 heavy (non-hydrogen) atoms. The van der Waals surface area contributed by atoms with E-state index in [0.29, 0.717) is 12.8 Å². The predicted molar refractivity (Wildman–Crippen MR) is 98.8 cm³/mol. The molecule has 0 saturated heterocycles. The van der Waals surface area contributed by atoms with E-state index in [1.54, 1.807) is 30.5 Å². The second-order valence-corrected chi connectivity index (χ2v) is 8.17. The molecule has 0 spiro atoms. The van der Waals surface area contributed by atoms with E-state index in [1.165, 1.54) is 6.39 Å². The molecular formula is C20H19NO5S. The zero-order valence-electron chi connectivity index (χ0n) is 14.7. The number of aryl methyl sites for hydroxylation is 1. The van der Waals surface area contributed by atoms with Crippen molar-refractivity contribution in [3.8, 4) is 17.0 Å². The second kappa shape index (κ2) is 7.17. The third-order valence-corrected chi connectivity index (χ3v) is 5.88. The van der Waals surface area contributed by atoms with E-state index in [2.05, 4.69) is 4.98 Å². The van der Waals surface area contributed by atoms with E-state index in [4.69, 9.17) is 13.3 Å². The summed E-state index contributed by atoms with van der Waals surface area (Å²) in [7, 11) is -3.74. The first-order valence-corrected chi connectivity index (χ1v) is 10.1. The van der Waals surface area contributed by atoms with Crippen LogP contribution in [-0.2, 0) is 14.3 Å². The van der Waals surface area contributed by atoms with Gasteiger partial charge in [0.1, 0.15) is 23.8 Å². The Labute approximate surface area is 157 Å². The summed E-state index contributed by atoms with van der Waals surface area (Å²) >= 11 is 0. The van der Waals surface area contributed by atoms with Gasteiger partial charge in [-0.2, -0.15) is 8.42 Å². The lowest BCUT2D eigenvalue weighted by atomic mass is 9.92. The highest BCUT2D eigenvalue weighted by atomic mass is 32.2. The quantitative estimate of drug-likeness (QED) is 0.598. The van der Waals surface area contributed by atoms with Gasteiger partial charge in [-0.3, -0.25) is 4.18 Å². The molecule has 1 heterocycles. The van der Waals surface area contributed by atoms with Gasteiger partial charge in [0.15, 0.2) is 6.39 Å². The normalized spacial score (nSPS) is 19.4. The zero-order valence-corrected chi connectivity index (χ0v) is 15.6. The van der Waals surface area contributed by atoms with Gasteiger partial charge in [-0.15, -0.1) is 0 Å².